The van der Waals surface area contributed by atoms with E-state index in [-0.39, 0.29) is 0 Å². The standard InChI is InChI=1S/C15H15ClN2O/c1-9-7-8-12(16)14(10(9)2)18-13-6-4-3-5-11(13)15(17)19/h3-8,18H,1-2H3,(H2,17,19). The van der Waals surface area contributed by atoms with Crippen molar-refractivity contribution in [3.63, 3.8) is 0 Å². The molecule has 0 fully saturated rings. The number of benzene rings is 2. The van der Waals surface area contributed by atoms with Crippen LogP contribution in [0.25, 0.3) is 0 Å². The van der Waals surface area contributed by atoms with E-state index in [1.807, 2.05) is 32.0 Å². The summed E-state index contributed by atoms with van der Waals surface area (Å²) in [6.07, 6.45) is 0. The first-order chi connectivity index (χ1) is 9.00. The number of carbonyl (C=O) groups excluding carboxylic acids is 1. The van der Waals surface area contributed by atoms with Gasteiger partial charge in [0.15, 0.2) is 0 Å². The van der Waals surface area contributed by atoms with E-state index in [1.54, 1.807) is 18.2 Å². The zero-order valence-electron chi connectivity index (χ0n) is 10.8. The molecule has 2 aromatic carbocycles. The summed E-state index contributed by atoms with van der Waals surface area (Å²) >= 11 is 6.20. The molecule has 0 unspecified atom stereocenters. The minimum Gasteiger partial charge on any atom is -0.366 e. The van der Waals surface area contributed by atoms with Crippen LogP contribution >= 0.6 is 11.6 Å². The lowest BCUT2D eigenvalue weighted by Gasteiger charge is -2.15. The zero-order valence-corrected chi connectivity index (χ0v) is 11.6. The summed E-state index contributed by atoms with van der Waals surface area (Å²) in [5, 5.41) is 3.81. The van der Waals surface area contributed by atoms with Crippen LogP contribution in [-0.2, 0) is 0 Å². The van der Waals surface area contributed by atoms with Gasteiger partial charge in [-0.1, -0.05) is 29.8 Å². The predicted octanol–water partition coefficient (Wildman–Crippen LogP) is 3.80. The van der Waals surface area contributed by atoms with Crippen molar-refractivity contribution in [2.24, 2.45) is 5.73 Å². The maximum Gasteiger partial charge on any atom is 0.250 e. The Kier molecular flexibility index (Phi) is 3.76. The summed E-state index contributed by atoms with van der Waals surface area (Å²) in [5.74, 6) is -0.468. The molecule has 2 rings (SSSR count). The number of hydrogen-bond donors (Lipinski definition) is 2. The molecule has 0 aliphatic heterocycles. The van der Waals surface area contributed by atoms with Crippen molar-refractivity contribution in [1.29, 1.82) is 0 Å². The van der Waals surface area contributed by atoms with Crippen LogP contribution in [0.5, 0.6) is 0 Å². The highest BCUT2D eigenvalue weighted by molar-refractivity contribution is 6.33. The number of amides is 1. The first-order valence-electron chi connectivity index (χ1n) is 5.92. The summed E-state index contributed by atoms with van der Waals surface area (Å²) in [6.45, 7) is 3.99. The summed E-state index contributed by atoms with van der Waals surface area (Å²) in [6, 6.07) is 10.9. The van der Waals surface area contributed by atoms with Crippen molar-refractivity contribution in [2.45, 2.75) is 13.8 Å². The second-order valence-electron chi connectivity index (χ2n) is 4.40. The molecule has 2 aromatic rings. The molecule has 0 saturated heterocycles. The molecule has 0 spiro atoms. The number of aryl methyl sites for hydroxylation is 1. The van der Waals surface area contributed by atoms with Gasteiger partial charge in [-0.2, -0.15) is 0 Å². The van der Waals surface area contributed by atoms with Crippen LogP contribution in [0.4, 0.5) is 11.4 Å². The van der Waals surface area contributed by atoms with Gasteiger partial charge in [0.05, 0.1) is 22.0 Å². The Morgan fingerprint density at radius 1 is 1.16 bits per heavy atom. The van der Waals surface area contributed by atoms with Crippen LogP contribution in [0.2, 0.25) is 5.02 Å². The van der Waals surface area contributed by atoms with E-state index in [9.17, 15) is 4.79 Å². The van der Waals surface area contributed by atoms with E-state index in [4.69, 9.17) is 17.3 Å². The summed E-state index contributed by atoms with van der Waals surface area (Å²) in [7, 11) is 0. The van der Waals surface area contributed by atoms with Crippen molar-refractivity contribution in [2.75, 3.05) is 5.32 Å². The fourth-order valence-corrected chi connectivity index (χ4v) is 2.13. The maximum atomic E-state index is 11.4. The van der Waals surface area contributed by atoms with Crippen molar-refractivity contribution in [3.05, 3.63) is 58.1 Å². The Balaban J connectivity index is 2.48. The number of hydrogen-bond acceptors (Lipinski definition) is 2. The second kappa shape index (κ2) is 5.33. The van der Waals surface area contributed by atoms with Gasteiger partial charge >= 0.3 is 0 Å². The van der Waals surface area contributed by atoms with Crippen LogP contribution in [0.3, 0.4) is 0 Å². The molecule has 19 heavy (non-hydrogen) atoms. The van der Waals surface area contributed by atoms with E-state index >= 15 is 0 Å². The van der Waals surface area contributed by atoms with Crippen LogP contribution in [-0.4, -0.2) is 5.91 Å². The summed E-state index contributed by atoms with van der Waals surface area (Å²) < 4.78 is 0. The number of nitrogens with one attached hydrogen (secondary N) is 1. The molecule has 0 atom stereocenters. The van der Waals surface area contributed by atoms with Gasteiger partial charge in [-0.25, -0.2) is 0 Å². The zero-order chi connectivity index (χ0) is 14.0. The largest absolute Gasteiger partial charge is 0.366 e. The van der Waals surface area contributed by atoms with E-state index in [0.29, 0.717) is 16.3 Å². The highest BCUT2D eigenvalue weighted by Crippen LogP contribution is 2.31. The number of rotatable bonds is 3. The fourth-order valence-electron chi connectivity index (χ4n) is 1.88. The lowest BCUT2D eigenvalue weighted by Crippen LogP contribution is -2.13. The Morgan fingerprint density at radius 3 is 2.53 bits per heavy atom. The fraction of sp³-hybridized carbons (Fsp3) is 0.133. The topological polar surface area (TPSA) is 55.1 Å². The van der Waals surface area contributed by atoms with Gasteiger partial charge in [0, 0.05) is 0 Å². The minimum absolute atomic E-state index is 0.444. The lowest BCUT2D eigenvalue weighted by atomic mass is 10.1. The number of nitrogens with two attached hydrogens (primary N) is 1. The molecule has 3 N–H and O–H groups in total. The van der Waals surface area contributed by atoms with Crippen molar-refractivity contribution < 1.29 is 4.79 Å². The second-order valence-corrected chi connectivity index (χ2v) is 4.81. The van der Waals surface area contributed by atoms with Crippen molar-refractivity contribution in [1.82, 2.24) is 0 Å². The molecule has 0 aliphatic carbocycles. The molecule has 4 heteroatoms. The van der Waals surface area contributed by atoms with Gasteiger partial charge in [-0.3, -0.25) is 4.79 Å². The van der Waals surface area contributed by atoms with Crippen LogP contribution in [0, 0.1) is 13.8 Å². The Hall–Kier alpha value is -2.00. The Labute approximate surface area is 117 Å². The number of para-hydroxylation sites is 1. The first-order valence-corrected chi connectivity index (χ1v) is 6.30. The monoisotopic (exact) mass is 274 g/mol. The molecule has 3 nitrogen and oxygen atoms in total. The van der Waals surface area contributed by atoms with E-state index < -0.39 is 5.91 Å². The minimum atomic E-state index is -0.468. The molecule has 0 aliphatic rings. The van der Waals surface area contributed by atoms with Gasteiger partial charge in [-0.05, 0) is 43.2 Å². The Morgan fingerprint density at radius 2 is 1.84 bits per heavy atom. The molecule has 0 saturated carbocycles. The number of carbonyl (C=O) groups is 1. The molecule has 0 heterocycles. The SMILES string of the molecule is Cc1ccc(Cl)c(Nc2ccccc2C(N)=O)c1C. The molecule has 0 bridgehead atoms. The smallest absolute Gasteiger partial charge is 0.250 e. The van der Waals surface area contributed by atoms with Crippen molar-refractivity contribution >= 4 is 28.9 Å². The van der Waals surface area contributed by atoms with Gasteiger partial charge in [0.25, 0.3) is 5.91 Å². The van der Waals surface area contributed by atoms with Crippen LogP contribution in [0.15, 0.2) is 36.4 Å². The van der Waals surface area contributed by atoms with E-state index in [0.717, 1.165) is 16.8 Å². The normalized spacial score (nSPS) is 10.3. The number of primary amides is 1. The summed E-state index contributed by atoms with van der Waals surface area (Å²) in [4.78, 5) is 11.4. The highest BCUT2D eigenvalue weighted by atomic mass is 35.5. The molecule has 1 amide bonds. The van der Waals surface area contributed by atoms with E-state index in [2.05, 4.69) is 5.32 Å². The van der Waals surface area contributed by atoms with E-state index in [1.165, 1.54) is 0 Å². The van der Waals surface area contributed by atoms with Gasteiger partial charge in [0.2, 0.25) is 0 Å². The third-order valence-corrected chi connectivity index (χ3v) is 3.45. The van der Waals surface area contributed by atoms with Crippen LogP contribution in [0.1, 0.15) is 21.5 Å². The first kappa shape index (κ1) is 13.4. The average Bonchev–Trinajstić information content (AvgIpc) is 2.39. The molecule has 98 valence electrons. The summed E-state index contributed by atoms with van der Waals surface area (Å²) in [5.41, 5.74) is 9.44. The van der Waals surface area contributed by atoms with Crippen LogP contribution < -0.4 is 11.1 Å². The van der Waals surface area contributed by atoms with Gasteiger partial charge < -0.3 is 11.1 Å². The quantitative estimate of drug-likeness (QED) is 0.894. The number of halogens is 1. The average molecular weight is 275 g/mol. The third-order valence-electron chi connectivity index (χ3n) is 3.14. The third kappa shape index (κ3) is 2.71. The molecular formula is C15H15ClN2O. The lowest BCUT2D eigenvalue weighted by molar-refractivity contribution is 0.100. The molecular weight excluding hydrogens is 260 g/mol. The predicted molar refractivity (Wildman–Crippen MR) is 79.2 cm³/mol. The maximum absolute atomic E-state index is 11.4. The number of anilines is 2. The van der Waals surface area contributed by atoms with Crippen molar-refractivity contribution in [3.8, 4) is 0 Å². The van der Waals surface area contributed by atoms with Gasteiger partial charge in [0.1, 0.15) is 0 Å². The highest BCUT2D eigenvalue weighted by Gasteiger charge is 2.11. The molecule has 0 aromatic heterocycles. The Bertz CT molecular complexity index is 638. The molecule has 0 radical (unpaired) electrons. The van der Waals surface area contributed by atoms with Gasteiger partial charge in [-0.15, -0.1) is 0 Å².